The van der Waals surface area contributed by atoms with E-state index in [0.717, 1.165) is 17.0 Å². The van der Waals surface area contributed by atoms with Crippen molar-refractivity contribution < 1.29 is 49.9 Å². The smallest absolute Gasteiger partial charge is 0.381 e. The number of carbonyl (C=O) groups is 3. The first-order chi connectivity index (χ1) is 18.7. The van der Waals surface area contributed by atoms with Crippen LogP contribution in [0.1, 0.15) is 40.9 Å². The summed E-state index contributed by atoms with van der Waals surface area (Å²) >= 11 is 0. The van der Waals surface area contributed by atoms with Crippen molar-refractivity contribution in [1.29, 1.82) is 0 Å². The van der Waals surface area contributed by atoms with Crippen LogP contribution in [0.4, 0.5) is 36.4 Å². The van der Waals surface area contributed by atoms with E-state index in [2.05, 4.69) is 5.32 Å². The van der Waals surface area contributed by atoms with Crippen LogP contribution in [-0.2, 0) is 20.5 Å². The molecule has 14 heteroatoms. The third-order valence-corrected chi connectivity index (χ3v) is 6.83. The van der Waals surface area contributed by atoms with E-state index in [1.807, 2.05) is 0 Å². The average Bonchev–Trinajstić information content (AvgIpc) is 3.23. The van der Waals surface area contributed by atoms with Crippen molar-refractivity contribution >= 4 is 23.4 Å². The maximum atomic E-state index is 14.8. The summed E-state index contributed by atoms with van der Waals surface area (Å²) in [6.45, 7) is 2.03. The zero-order valence-electron chi connectivity index (χ0n) is 20.9. The highest BCUT2D eigenvalue weighted by Gasteiger charge is 2.43. The van der Waals surface area contributed by atoms with Gasteiger partial charge in [-0.2, -0.15) is 26.3 Å². The molecule has 0 unspecified atom stereocenters. The van der Waals surface area contributed by atoms with Gasteiger partial charge in [0.1, 0.15) is 11.9 Å². The van der Waals surface area contributed by atoms with Gasteiger partial charge in [-0.25, -0.2) is 4.39 Å². The van der Waals surface area contributed by atoms with Crippen LogP contribution in [0.3, 0.4) is 0 Å². The van der Waals surface area contributed by atoms with Crippen LogP contribution >= 0.6 is 0 Å². The molecule has 2 N–H and O–H groups in total. The molecule has 2 aromatic carbocycles. The summed E-state index contributed by atoms with van der Waals surface area (Å²) in [5.74, 6) is -5.63. The Balaban J connectivity index is 1.58. The van der Waals surface area contributed by atoms with E-state index in [0.29, 0.717) is 12.1 Å². The lowest BCUT2D eigenvalue weighted by Gasteiger charge is -2.36. The zero-order valence-corrected chi connectivity index (χ0v) is 20.9. The average molecular weight is 575 g/mol. The van der Waals surface area contributed by atoms with E-state index in [-0.39, 0.29) is 43.2 Å². The molecular formula is C26H24F7N3O4. The van der Waals surface area contributed by atoms with Gasteiger partial charge in [-0.15, -0.1) is 0 Å². The fourth-order valence-corrected chi connectivity index (χ4v) is 4.75. The Hall–Kier alpha value is -3.68. The second-order valence-corrected chi connectivity index (χ2v) is 9.83. The summed E-state index contributed by atoms with van der Waals surface area (Å²) in [4.78, 5) is 39.5. The molecule has 0 bridgehead atoms. The molecule has 216 valence electrons. The number of halogens is 7. The Morgan fingerprint density at radius 1 is 1.02 bits per heavy atom. The highest BCUT2D eigenvalue weighted by Crippen LogP contribution is 2.35. The summed E-state index contributed by atoms with van der Waals surface area (Å²) in [5.41, 5.74) is -2.05. The number of hydrogen-bond acceptors (Lipinski definition) is 4. The lowest BCUT2D eigenvalue weighted by atomic mass is 9.90. The number of benzene rings is 2. The molecule has 0 aromatic heterocycles. The third-order valence-electron chi connectivity index (χ3n) is 6.83. The van der Waals surface area contributed by atoms with E-state index in [4.69, 9.17) is 4.74 Å². The molecule has 3 amide bonds. The van der Waals surface area contributed by atoms with Gasteiger partial charge >= 0.3 is 18.3 Å². The minimum absolute atomic E-state index is 0.0598. The number of alkyl halides is 6. The monoisotopic (exact) mass is 575 g/mol. The number of hydrogen-bond donors (Lipinski definition) is 2. The van der Waals surface area contributed by atoms with Crippen molar-refractivity contribution in [3.8, 4) is 0 Å². The van der Waals surface area contributed by atoms with Gasteiger partial charge in [0.25, 0.3) is 5.91 Å². The Morgan fingerprint density at radius 3 is 2.27 bits per heavy atom. The van der Waals surface area contributed by atoms with Crippen LogP contribution in [0, 0.1) is 17.7 Å². The molecular weight excluding hydrogens is 551 g/mol. The lowest BCUT2D eigenvalue weighted by molar-refractivity contribution is -0.167. The minimum atomic E-state index is -5.20. The number of rotatable bonds is 6. The zero-order chi connectivity index (χ0) is 29.4. The Bertz CT molecular complexity index is 1290. The van der Waals surface area contributed by atoms with Crippen molar-refractivity contribution in [2.75, 3.05) is 25.1 Å². The first-order valence-electron chi connectivity index (χ1n) is 12.2. The number of anilines is 1. The molecule has 7 nitrogen and oxygen atoms in total. The number of nitrogens with one attached hydrogen (secondary N) is 2. The Labute approximate surface area is 223 Å². The quantitative estimate of drug-likeness (QED) is 0.489. The Morgan fingerprint density at radius 2 is 1.70 bits per heavy atom. The van der Waals surface area contributed by atoms with Gasteiger partial charge in [0.2, 0.25) is 5.91 Å². The van der Waals surface area contributed by atoms with E-state index in [1.165, 1.54) is 18.2 Å². The second-order valence-electron chi connectivity index (χ2n) is 9.83. The predicted octanol–water partition coefficient (Wildman–Crippen LogP) is 4.70. The first kappa shape index (κ1) is 29.3. The van der Waals surface area contributed by atoms with Crippen LogP contribution < -0.4 is 10.6 Å². The SMILES string of the molecule is C[C@@H]1C[C@H](C(=O)N[C@@H](c2ccc(C(F)(F)F)cc2F)C2COC2)N(C(=O)c2ccccc2NC(=O)C(F)(F)F)C1. The van der Waals surface area contributed by atoms with Gasteiger partial charge in [0, 0.05) is 18.0 Å². The molecule has 2 saturated heterocycles. The van der Waals surface area contributed by atoms with Crippen molar-refractivity contribution in [2.24, 2.45) is 11.8 Å². The lowest BCUT2D eigenvalue weighted by Crippen LogP contribution is -2.50. The summed E-state index contributed by atoms with van der Waals surface area (Å²) < 4.78 is 97.5. The molecule has 0 spiro atoms. The standard InChI is InChI=1S/C26H24F7N3O4/c1-13-8-20(36(10-13)23(38)17-4-2-3-5-19(17)34-24(39)26(31,32)33)22(37)35-21(14-11-40-12-14)16-7-6-15(9-18(16)27)25(28,29)30/h2-7,9,13-14,20-21H,8,10-12H2,1H3,(H,34,39)(H,35,37)/t13-,20-,21-/m1/s1. The summed E-state index contributed by atoms with van der Waals surface area (Å²) in [5, 5.41) is 4.31. The van der Waals surface area contributed by atoms with E-state index >= 15 is 0 Å². The summed E-state index contributed by atoms with van der Waals surface area (Å²) in [7, 11) is 0. The first-order valence-corrected chi connectivity index (χ1v) is 12.2. The molecule has 0 radical (unpaired) electrons. The molecule has 2 aromatic rings. The van der Waals surface area contributed by atoms with Crippen molar-refractivity contribution in [2.45, 2.75) is 37.8 Å². The van der Waals surface area contributed by atoms with Gasteiger partial charge in [-0.1, -0.05) is 25.1 Å². The minimum Gasteiger partial charge on any atom is -0.381 e. The van der Waals surface area contributed by atoms with Gasteiger partial charge < -0.3 is 20.3 Å². The van der Waals surface area contributed by atoms with Crippen molar-refractivity contribution in [3.05, 3.63) is 65.0 Å². The van der Waals surface area contributed by atoms with Crippen molar-refractivity contribution in [3.63, 3.8) is 0 Å². The maximum absolute atomic E-state index is 14.8. The fraction of sp³-hybridized carbons (Fsp3) is 0.423. The largest absolute Gasteiger partial charge is 0.471 e. The van der Waals surface area contributed by atoms with E-state index in [9.17, 15) is 45.1 Å². The topological polar surface area (TPSA) is 87.7 Å². The van der Waals surface area contributed by atoms with Crippen LogP contribution in [0.25, 0.3) is 0 Å². The van der Waals surface area contributed by atoms with Gasteiger partial charge in [0.05, 0.1) is 36.1 Å². The molecule has 2 aliphatic heterocycles. The fourth-order valence-electron chi connectivity index (χ4n) is 4.75. The number of carbonyl (C=O) groups excluding carboxylic acids is 3. The van der Waals surface area contributed by atoms with Crippen LogP contribution in [0.2, 0.25) is 0 Å². The van der Waals surface area contributed by atoms with Crippen LogP contribution in [0.5, 0.6) is 0 Å². The highest BCUT2D eigenvalue weighted by atomic mass is 19.4. The van der Waals surface area contributed by atoms with Gasteiger partial charge in [-0.05, 0) is 36.6 Å². The van der Waals surface area contributed by atoms with Crippen LogP contribution in [0.15, 0.2) is 42.5 Å². The maximum Gasteiger partial charge on any atom is 0.471 e. The molecule has 4 rings (SSSR count). The molecule has 3 atom stereocenters. The molecule has 0 saturated carbocycles. The predicted molar refractivity (Wildman–Crippen MR) is 126 cm³/mol. The van der Waals surface area contributed by atoms with Gasteiger partial charge in [0.15, 0.2) is 0 Å². The second kappa shape index (κ2) is 11.1. The van der Waals surface area contributed by atoms with Gasteiger partial charge in [-0.3, -0.25) is 14.4 Å². The highest BCUT2D eigenvalue weighted by molar-refractivity contribution is 6.06. The number of para-hydroxylation sites is 1. The number of likely N-dealkylation sites (tertiary alicyclic amines) is 1. The summed E-state index contributed by atoms with van der Waals surface area (Å²) in [6, 6.07) is 4.84. The number of amides is 3. The van der Waals surface area contributed by atoms with Crippen LogP contribution in [-0.4, -0.2) is 54.6 Å². The molecule has 0 aliphatic carbocycles. The Kier molecular flexibility index (Phi) is 8.11. The number of ether oxygens (including phenoxy) is 1. The molecule has 2 heterocycles. The third kappa shape index (κ3) is 6.21. The van der Waals surface area contributed by atoms with E-state index in [1.54, 1.807) is 12.2 Å². The van der Waals surface area contributed by atoms with Crippen molar-refractivity contribution in [1.82, 2.24) is 10.2 Å². The molecule has 2 aliphatic rings. The summed E-state index contributed by atoms with van der Waals surface area (Å²) in [6.07, 6.45) is -9.80. The molecule has 40 heavy (non-hydrogen) atoms. The normalized spacial score (nSPS) is 20.6. The molecule has 2 fully saturated rings. The number of nitrogens with zero attached hydrogens (tertiary/aromatic N) is 1. The van der Waals surface area contributed by atoms with E-state index < -0.39 is 65.1 Å².